The van der Waals surface area contributed by atoms with Crippen LogP contribution in [0.2, 0.25) is 0 Å². The van der Waals surface area contributed by atoms with Crippen molar-refractivity contribution < 1.29 is 9.53 Å². The Hall–Kier alpha value is -0.440. The molecule has 0 N–H and O–H groups in total. The molecule has 0 heterocycles. The molecular formula is C14H24O2S. The minimum Gasteiger partial charge on any atom is -0.458 e. The van der Waals surface area contributed by atoms with Gasteiger partial charge in [0, 0.05) is 6.42 Å². The van der Waals surface area contributed by atoms with E-state index in [1.54, 1.807) is 11.8 Å². The van der Waals surface area contributed by atoms with Gasteiger partial charge in [-0.05, 0) is 49.7 Å². The van der Waals surface area contributed by atoms with Crippen LogP contribution in [0, 0.1) is 5.41 Å². The van der Waals surface area contributed by atoms with Gasteiger partial charge in [0.1, 0.15) is 6.10 Å². The molecule has 0 aromatic heterocycles. The van der Waals surface area contributed by atoms with Crippen LogP contribution >= 0.6 is 11.8 Å². The second-order valence-corrected chi connectivity index (χ2v) is 6.67. The van der Waals surface area contributed by atoms with Crippen LogP contribution in [-0.4, -0.2) is 24.1 Å². The third-order valence-corrected chi connectivity index (χ3v) is 3.69. The van der Waals surface area contributed by atoms with Gasteiger partial charge in [-0.3, -0.25) is 4.79 Å². The summed E-state index contributed by atoms with van der Waals surface area (Å²) >= 11 is 1.77. The summed E-state index contributed by atoms with van der Waals surface area (Å²) in [6.07, 6.45) is 7.66. The number of ether oxygens (including phenoxy) is 1. The van der Waals surface area contributed by atoms with E-state index >= 15 is 0 Å². The number of hydrogen-bond donors (Lipinski definition) is 0. The lowest BCUT2D eigenvalue weighted by Crippen LogP contribution is -2.28. The minimum absolute atomic E-state index is 0.0134. The number of carbonyl (C=O) groups excluding carboxylic acids is 1. The summed E-state index contributed by atoms with van der Waals surface area (Å²) in [7, 11) is 0. The van der Waals surface area contributed by atoms with Gasteiger partial charge >= 0.3 is 5.97 Å². The highest BCUT2D eigenvalue weighted by atomic mass is 32.2. The maximum Gasteiger partial charge on any atom is 0.306 e. The van der Waals surface area contributed by atoms with Crippen molar-refractivity contribution >= 4 is 17.7 Å². The lowest BCUT2D eigenvalue weighted by atomic mass is 9.76. The van der Waals surface area contributed by atoms with E-state index in [1.165, 1.54) is 5.57 Å². The van der Waals surface area contributed by atoms with Gasteiger partial charge in [-0.1, -0.05) is 19.4 Å². The molecule has 0 fully saturated rings. The first-order valence-electron chi connectivity index (χ1n) is 6.29. The Morgan fingerprint density at radius 1 is 1.59 bits per heavy atom. The molecule has 0 saturated heterocycles. The van der Waals surface area contributed by atoms with Gasteiger partial charge in [-0.2, -0.15) is 11.8 Å². The maximum atomic E-state index is 11.6. The molecule has 0 radical (unpaired) electrons. The Balaban J connectivity index is 2.40. The molecule has 3 heteroatoms. The normalized spacial score (nSPS) is 23.1. The Bertz CT molecular complexity index is 295. The molecule has 0 unspecified atom stereocenters. The van der Waals surface area contributed by atoms with Crippen molar-refractivity contribution in [2.45, 2.75) is 52.6 Å². The predicted octanol–water partition coefficient (Wildman–Crippen LogP) is 3.81. The topological polar surface area (TPSA) is 26.3 Å². The lowest BCUT2D eigenvalue weighted by molar-refractivity contribution is -0.148. The van der Waals surface area contributed by atoms with E-state index in [4.69, 9.17) is 4.74 Å². The van der Waals surface area contributed by atoms with Crippen LogP contribution < -0.4 is 0 Å². The largest absolute Gasteiger partial charge is 0.458 e. The van der Waals surface area contributed by atoms with Crippen molar-refractivity contribution in [1.82, 2.24) is 0 Å². The van der Waals surface area contributed by atoms with Crippen molar-refractivity contribution in [3.8, 4) is 0 Å². The molecule has 0 amide bonds. The van der Waals surface area contributed by atoms with Gasteiger partial charge in [0.2, 0.25) is 0 Å². The van der Waals surface area contributed by atoms with Gasteiger partial charge in [0.15, 0.2) is 0 Å². The van der Waals surface area contributed by atoms with E-state index in [0.29, 0.717) is 6.42 Å². The second-order valence-electron chi connectivity index (χ2n) is 5.68. The van der Waals surface area contributed by atoms with Crippen LogP contribution in [0.15, 0.2) is 11.6 Å². The SMILES string of the molecule is CSCCCC(=O)O[C@@H]1C=C(C)CC(C)(C)C1. The number of rotatable bonds is 5. The van der Waals surface area contributed by atoms with E-state index in [0.717, 1.165) is 25.0 Å². The average Bonchev–Trinajstić information content (AvgIpc) is 2.14. The van der Waals surface area contributed by atoms with Gasteiger partial charge in [0.05, 0.1) is 0 Å². The summed E-state index contributed by atoms with van der Waals surface area (Å²) < 4.78 is 5.52. The van der Waals surface area contributed by atoms with Crippen LogP contribution in [-0.2, 0) is 9.53 Å². The van der Waals surface area contributed by atoms with Gasteiger partial charge in [0.25, 0.3) is 0 Å². The van der Waals surface area contributed by atoms with Crippen molar-refractivity contribution in [1.29, 1.82) is 0 Å². The standard InChI is InChI=1S/C14H24O2S/c1-11-8-12(10-14(2,3)9-11)16-13(15)6-5-7-17-4/h8,12H,5-7,9-10H2,1-4H3/t12-/m1/s1. The zero-order valence-electron chi connectivity index (χ0n) is 11.4. The quantitative estimate of drug-likeness (QED) is 0.425. The summed E-state index contributed by atoms with van der Waals surface area (Å²) in [5, 5.41) is 0. The van der Waals surface area contributed by atoms with Crippen LogP contribution in [0.4, 0.5) is 0 Å². The fraction of sp³-hybridized carbons (Fsp3) is 0.786. The van der Waals surface area contributed by atoms with Gasteiger partial charge in [-0.15, -0.1) is 0 Å². The molecule has 1 rings (SSSR count). The molecule has 1 atom stereocenters. The number of carbonyl (C=O) groups is 1. The Kier molecular flexibility index (Phi) is 5.57. The molecule has 0 spiro atoms. The van der Waals surface area contributed by atoms with E-state index in [1.807, 2.05) is 0 Å². The summed E-state index contributed by atoms with van der Waals surface area (Å²) in [5.74, 6) is 0.978. The number of hydrogen-bond acceptors (Lipinski definition) is 3. The fourth-order valence-corrected chi connectivity index (χ4v) is 2.90. The van der Waals surface area contributed by atoms with Crippen molar-refractivity contribution in [2.75, 3.05) is 12.0 Å². The summed E-state index contributed by atoms with van der Waals surface area (Å²) in [6.45, 7) is 6.59. The molecule has 0 aliphatic heterocycles. The number of thioether (sulfide) groups is 1. The Morgan fingerprint density at radius 3 is 2.88 bits per heavy atom. The fourth-order valence-electron chi connectivity index (χ4n) is 2.47. The first kappa shape index (κ1) is 14.6. The summed E-state index contributed by atoms with van der Waals surface area (Å²) in [4.78, 5) is 11.6. The molecule has 1 aliphatic rings. The van der Waals surface area contributed by atoms with Crippen molar-refractivity contribution in [3.63, 3.8) is 0 Å². The Labute approximate surface area is 109 Å². The predicted molar refractivity (Wildman–Crippen MR) is 74.3 cm³/mol. The van der Waals surface area contributed by atoms with E-state index in [-0.39, 0.29) is 17.5 Å². The second kappa shape index (κ2) is 6.48. The average molecular weight is 256 g/mol. The third kappa shape index (κ3) is 5.62. The molecule has 0 bridgehead atoms. The highest BCUT2D eigenvalue weighted by molar-refractivity contribution is 7.98. The molecular weight excluding hydrogens is 232 g/mol. The third-order valence-electron chi connectivity index (χ3n) is 2.99. The smallest absolute Gasteiger partial charge is 0.306 e. The zero-order valence-corrected chi connectivity index (χ0v) is 12.2. The molecule has 0 saturated carbocycles. The number of allylic oxidation sites excluding steroid dienone is 1. The van der Waals surface area contributed by atoms with Crippen LogP contribution in [0.5, 0.6) is 0 Å². The van der Waals surface area contributed by atoms with Crippen LogP contribution in [0.3, 0.4) is 0 Å². The maximum absolute atomic E-state index is 11.6. The molecule has 0 aromatic carbocycles. The minimum atomic E-state index is -0.0502. The van der Waals surface area contributed by atoms with E-state index in [2.05, 4.69) is 33.1 Å². The van der Waals surface area contributed by atoms with Gasteiger partial charge < -0.3 is 4.74 Å². The van der Waals surface area contributed by atoms with Crippen molar-refractivity contribution in [2.24, 2.45) is 5.41 Å². The first-order chi connectivity index (χ1) is 7.93. The molecule has 98 valence electrons. The summed E-state index contributed by atoms with van der Waals surface area (Å²) in [6, 6.07) is 0. The molecule has 2 nitrogen and oxygen atoms in total. The number of esters is 1. The molecule has 0 aromatic rings. The highest BCUT2D eigenvalue weighted by Crippen LogP contribution is 2.36. The molecule has 1 aliphatic carbocycles. The zero-order chi connectivity index (χ0) is 12.9. The highest BCUT2D eigenvalue weighted by Gasteiger charge is 2.29. The van der Waals surface area contributed by atoms with E-state index in [9.17, 15) is 4.79 Å². The van der Waals surface area contributed by atoms with Crippen LogP contribution in [0.1, 0.15) is 46.5 Å². The summed E-state index contributed by atoms with van der Waals surface area (Å²) in [5.41, 5.74) is 1.59. The monoisotopic (exact) mass is 256 g/mol. The lowest BCUT2D eigenvalue weighted by Gasteiger charge is -2.33. The van der Waals surface area contributed by atoms with Crippen molar-refractivity contribution in [3.05, 3.63) is 11.6 Å². The first-order valence-corrected chi connectivity index (χ1v) is 7.68. The van der Waals surface area contributed by atoms with Gasteiger partial charge in [-0.25, -0.2) is 0 Å². The van der Waals surface area contributed by atoms with E-state index < -0.39 is 0 Å². The van der Waals surface area contributed by atoms with Crippen LogP contribution in [0.25, 0.3) is 0 Å². The Morgan fingerprint density at radius 2 is 2.29 bits per heavy atom. The molecule has 17 heavy (non-hydrogen) atoms.